The number of carbonyl (C=O) groups is 1. The molecule has 1 saturated heterocycles. The van der Waals surface area contributed by atoms with Crippen LogP contribution in [0.1, 0.15) is 28.9 Å². The zero-order valence-corrected chi connectivity index (χ0v) is 17.7. The normalized spacial score (nSPS) is 15.8. The fourth-order valence-electron chi connectivity index (χ4n) is 3.34. The molecule has 2 aromatic carbocycles. The van der Waals surface area contributed by atoms with Crippen LogP contribution in [-0.2, 0) is 0 Å². The van der Waals surface area contributed by atoms with Crippen LogP contribution in [0.5, 0.6) is 0 Å². The topological polar surface area (TPSA) is 78.7 Å². The minimum Gasteiger partial charge on any atom is -0.363 e. The van der Waals surface area contributed by atoms with Crippen molar-refractivity contribution in [3.8, 4) is 0 Å². The van der Waals surface area contributed by atoms with Crippen molar-refractivity contribution in [2.75, 3.05) is 38.1 Å². The first-order chi connectivity index (χ1) is 13.8. The number of nitrogens with one attached hydrogen (secondary N) is 1. The third-order valence-electron chi connectivity index (χ3n) is 5.05. The van der Waals surface area contributed by atoms with E-state index in [1.807, 2.05) is 11.9 Å². The van der Waals surface area contributed by atoms with Gasteiger partial charge in [-0.05, 0) is 43.8 Å². The molecule has 0 saturated carbocycles. The molecular weight excluding hydrogens is 415 g/mol. The van der Waals surface area contributed by atoms with Crippen molar-refractivity contribution in [3.63, 3.8) is 0 Å². The Morgan fingerprint density at radius 3 is 2.45 bits per heavy atom. The summed E-state index contributed by atoms with van der Waals surface area (Å²) in [5.41, 5.74) is 1.41. The fraction of sp³-hybridized carbons (Fsp3) is 0.350. The summed E-state index contributed by atoms with van der Waals surface area (Å²) in [6.07, 6.45) is 0. The number of anilines is 1. The van der Waals surface area contributed by atoms with E-state index in [9.17, 15) is 14.9 Å². The first-order valence-electron chi connectivity index (χ1n) is 9.24. The lowest BCUT2D eigenvalue weighted by Crippen LogP contribution is -2.44. The van der Waals surface area contributed by atoms with Crippen LogP contribution in [0.25, 0.3) is 0 Å². The number of benzene rings is 2. The van der Waals surface area contributed by atoms with Crippen molar-refractivity contribution >= 4 is 40.5 Å². The maximum Gasteiger partial charge on any atom is 0.293 e. The first-order valence-corrected chi connectivity index (χ1v) is 9.99. The molecule has 0 bridgehead atoms. The highest BCUT2D eigenvalue weighted by molar-refractivity contribution is 6.35. The molecule has 1 amide bonds. The molecule has 1 atom stereocenters. The maximum atomic E-state index is 12.7. The minimum absolute atomic E-state index is 0.0700. The van der Waals surface area contributed by atoms with Crippen LogP contribution < -0.4 is 10.2 Å². The Morgan fingerprint density at radius 1 is 1.14 bits per heavy atom. The van der Waals surface area contributed by atoms with Crippen molar-refractivity contribution in [2.45, 2.75) is 13.0 Å². The predicted octanol–water partition coefficient (Wildman–Crippen LogP) is 4.14. The molecule has 7 nitrogen and oxygen atoms in total. The van der Waals surface area contributed by atoms with Crippen molar-refractivity contribution in [1.82, 2.24) is 10.2 Å². The van der Waals surface area contributed by atoms with Gasteiger partial charge in [0.25, 0.3) is 11.6 Å². The lowest BCUT2D eigenvalue weighted by atomic mass is 10.1. The van der Waals surface area contributed by atoms with Crippen molar-refractivity contribution in [1.29, 1.82) is 0 Å². The van der Waals surface area contributed by atoms with Crippen LogP contribution in [-0.4, -0.2) is 49.0 Å². The van der Waals surface area contributed by atoms with Gasteiger partial charge in [0.05, 0.1) is 11.0 Å². The first kappa shape index (κ1) is 21.4. The molecule has 1 N–H and O–H groups in total. The second kappa shape index (κ2) is 8.98. The van der Waals surface area contributed by atoms with Crippen LogP contribution in [0.4, 0.5) is 11.4 Å². The molecule has 154 valence electrons. The van der Waals surface area contributed by atoms with E-state index >= 15 is 0 Å². The number of carbonyl (C=O) groups excluding carboxylic acids is 1. The summed E-state index contributed by atoms with van der Waals surface area (Å²) in [4.78, 5) is 28.0. The van der Waals surface area contributed by atoms with Gasteiger partial charge in [0.15, 0.2) is 0 Å². The average molecular weight is 437 g/mol. The summed E-state index contributed by atoms with van der Waals surface area (Å²) in [6.45, 7) is 4.86. The van der Waals surface area contributed by atoms with E-state index in [4.69, 9.17) is 23.2 Å². The molecule has 1 aliphatic rings. The molecule has 1 aliphatic heterocycles. The smallest absolute Gasteiger partial charge is 0.293 e. The number of nitro groups is 1. The zero-order valence-electron chi connectivity index (χ0n) is 16.2. The summed E-state index contributed by atoms with van der Waals surface area (Å²) in [7, 11) is 2.02. The predicted molar refractivity (Wildman–Crippen MR) is 115 cm³/mol. The third-order valence-corrected chi connectivity index (χ3v) is 5.62. The van der Waals surface area contributed by atoms with Gasteiger partial charge < -0.3 is 15.1 Å². The molecule has 1 fully saturated rings. The molecule has 0 aromatic heterocycles. The van der Waals surface area contributed by atoms with Gasteiger partial charge in [-0.2, -0.15) is 0 Å². The Hall–Kier alpha value is -2.35. The Labute approximate surface area is 179 Å². The summed E-state index contributed by atoms with van der Waals surface area (Å²) in [5.74, 6) is -0.406. The molecule has 0 radical (unpaired) electrons. The number of likely N-dealkylation sites (N-methyl/N-ethyl adjacent to an activating group) is 1. The molecule has 3 rings (SSSR count). The highest BCUT2D eigenvalue weighted by atomic mass is 35.5. The average Bonchev–Trinajstić information content (AvgIpc) is 2.68. The molecular formula is C20H22Cl2N4O3. The third kappa shape index (κ3) is 4.98. The summed E-state index contributed by atoms with van der Waals surface area (Å²) < 4.78 is 0. The van der Waals surface area contributed by atoms with Crippen LogP contribution in [0.3, 0.4) is 0 Å². The number of hydrogen-bond acceptors (Lipinski definition) is 5. The molecule has 9 heteroatoms. The van der Waals surface area contributed by atoms with E-state index in [0.29, 0.717) is 34.4 Å². The number of hydrogen-bond donors (Lipinski definition) is 1. The summed E-state index contributed by atoms with van der Waals surface area (Å²) in [5, 5.41) is 15.4. The SMILES string of the molecule is C[C@@H](NC(=O)c1ccc(N2CCN(C)CC2)c([N+](=O)[O-])c1)c1ccc(Cl)cc1Cl. The highest BCUT2D eigenvalue weighted by Gasteiger charge is 2.25. The minimum atomic E-state index is -0.441. The Balaban J connectivity index is 1.80. The van der Waals surface area contributed by atoms with Crippen molar-refractivity contribution < 1.29 is 9.72 Å². The van der Waals surface area contributed by atoms with Crippen LogP contribution in [0, 0.1) is 10.1 Å². The number of piperazine rings is 1. The zero-order chi connectivity index (χ0) is 21.1. The van der Waals surface area contributed by atoms with Gasteiger partial charge in [-0.25, -0.2) is 0 Å². The van der Waals surface area contributed by atoms with Gasteiger partial charge in [-0.1, -0.05) is 29.3 Å². The molecule has 0 spiro atoms. The molecule has 2 aromatic rings. The molecule has 0 unspecified atom stereocenters. The van der Waals surface area contributed by atoms with E-state index in [1.165, 1.54) is 6.07 Å². The van der Waals surface area contributed by atoms with Crippen LogP contribution >= 0.6 is 23.2 Å². The monoisotopic (exact) mass is 436 g/mol. The van der Waals surface area contributed by atoms with Gasteiger partial charge in [0, 0.05) is 47.9 Å². The Bertz CT molecular complexity index is 930. The Morgan fingerprint density at radius 2 is 1.83 bits per heavy atom. The molecule has 1 heterocycles. The second-order valence-electron chi connectivity index (χ2n) is 7.11. The van der Waals surface area contributed by atoms with Gasteiger partial charge in [-0.15, -0.1) is 0 Å². The number of halogens is 2. The van der Waals surface area contributed by atoms with Crippen molar-refractivity contribution in [3.05, 3.63) is 67.7 Å². The van der Waals surface area contributed by atoms with Gasteiger partial charge in [0.2, 0.25) is 0 Å². The quantitative estimate of drug-likeness (QED) is 0.562. The van der Waals surface area contributed by atoms with E-state index in [1.54, 1.807) is 37.3 Å². The lowest BCUT2D eigenvalue weighted by molar-refractivity contribution is -0.384. The standard InChI is InChI=1S/C20H22Cl2N4O3/c1-13(16-5-4-15(21)12-17(16)22)23-20(27)14-3-6-18(19(11-14)26(28)29)25-9-7-24(2)8-10-25/h3-6,11-13H,7-10H2,1-2H3,(H,23,27)/t13-/m1/s1. The van der Waals surface area contributed by atoms with Gasteiger partial charge in [-0.3, -0.25) is 14.9 Å². The molecule has 29 heavy (non-hydrogen) atoms. The number of nitrogens with zero attached hydrogens (tertiary/aromatic N) is 3. The number of rotatable bonds is 5. The largest absolute Gasteiger partial charge is 0.363 e. The maximum absolute atomic E-state index is 12.7. The van der Waals surface area contributed by atoms with E-state index in [-0.39, 0.29) is 17.3 Å². The van der Waals surface area contributed by atoms with E-state index in [0.717, 1.165) is 13.1 Å². The summed E-state index contributed by atoms with van der Waals surface area (Å²) in [6, 6.07) is 9.26. The molecule has 0 aliphatic carbocycles. The Kier molecular flexibility index (Phi) is 6.62. The summed E-state index contributed by atoms with van der Waals surface area (Å²) >= 11 is 12.1. The van der Waals surface area contributed by atoms with E-state index in [2.05, 4.69) is 10.2 Å². The van der Waals surface area contributed by atoms with Gasteiger partial charge >= 0.3 is 0 Å². The number of amides is 1. The number of nitro benzene ring substituents is 1. The highest BCUT2D eigenvalue weighted by Crippen LogP contribution is 2.31. The van der Waals surface area contributed by atoms with Crippen LogP contribution in [0.15, 0.2) is 36.4 Å². The fourth-order valence-corrected chi connectivity index (χ4v) is 3.91. The van der Waals surface area contributed by atoms with E-state index < -0.39 is 10.8 Å². The lowest BCUT2D eigenvalue weighted by Gasteiger charge is -2.33. The van der Waals surface area contributed by atoms with Crippen molar-refractivity contribution in [2.24, 2.45) is 0 Å². The van der Waals surface area contributed by atoms with Crippen LogP contribution in [0.2, 0.25) is 10.0 Å². The second-order valence-corrected chi connectivity index (χ2v) is 7.96. The van der Waals surface area contributed by atoms with Gasteiger partial charge in [0.1, 0.15) is 5.69 Å².